The Bertz CT molecular complexity index is 52.4. The maximum Gasteiger partial charge on any atom is 0.00278 e. The van der Waals surface area contributed by atoms with Crippen LogP contribution >= 0.6 is 0 Å². The van der Waals surface area contributed by atoms with Gasteiger partial charge in [-0.1, -0.05) is 0 Å². The summed E-state index contributed by atoms with van der Waals surface area (Å²) in [6, 6.07) is 0. The molecule has 2 nitrogen and oxygen atoms in total. The van der Waals surface area contributed by atoms with Crippen molar-refractivity contribution in [1.82, 2.24) is 10.2 Å². The van der Waals surface area contributed by atoms with Crippen molar-refractivity contribution in [3.05, 3.63) is 6.54 Å². The van der Waals surface area contributed by atoms with Crippen LogP contribution in [0.2, 0.25) is 0 Å². The van der Waals surface area contributed by atoms with Gasteiger partial charge in [0.1, 0.15) is 0 Å². The zero-order valence-corrected chi connectivity index (χ0v) is 8.32. The molecule has 1 rings (SSSR count). The van der Waals surface area contributed by atoms with Crippen LogP contribution in [0, 0.1) is 6.54 Å². The van der Waals surface area contributed by atoms with Crippen LogP contribution in [0.1, 0.15) is 0 Å². The van der Waals surface area contributed by atoms with Crippen molar-refractivity contribution in [2.75, 3.05) is 26.7 Å². The van der Waals surface area contributed by atoms with Crippen molar-refractivity contribution in [2.24, 2.45) is 0 Å². The van der Waals surface area contributed by atoms with Crippen LogP contribution in [0.3, 0.4) is 0 Å². The molecular weight excluding hydrogens is 153 g/mol. The minimum absolute atomic E-state index is 0. The standard InChI is InChI=1S/C5H11N2.Zn/c1-7-4-2-6-3-5-7;/h4,6H,2-3,5H2,1H3;/q-1;. The van der Waals surface area contributed by atoms with Gasteiger partial charge < -0.3 is 10.2 Å². The van der Waals surface area contributed by atoms with E-state index < -0.39 is 0 Å². The molecule has 44 valence electrons. The van der Waals surface area contributed by atoms with Crippen LogP contribution in [-0.2, 0) is 19.5 Å². The summed E-state index contributed by atoms with van der Waals surface area (Å²) in [6.45, 7) is 5.48. The van der Waals surface area contributed by atoms with E-state index in [1.54, 1.807) is 0 Å². The van der Waals surface area contributed by atoms with Gasteiger partial charge in [-0.2, -0.15) is 0 Å². The fourth-order valence-electron chi connectivity index (χ4n) is 0.669. The normalized spacial score (nSPS) is 22.1. The second-order valence-corrected chi connectivity index (χ2v) is 1.87. The van der Waals surface area contributed by atoms with Crippen LogP contribution in [0.15, 0.2) is 0 Å². The number of piperazine rings is 1. The molecule has 1 heterocycles. The first-order valence-electron chi connectivity index (χ1n) is 2.64. The molecule has 0 amide bonds. The van der Waals surface area contributed by atoms with Gasteiger partial charge in [0.2, 0.25) is 0 Å². The van der Waals surface area contributed by atoms with Gasteiger partial charge in [0, 0.05) is 26.0 Å². The summed E-state index contributed by atoms with van der Waals surface area (Å²) in [5, 5.41) is 3.22. The number of hydrogen-bond acceptors (Lipinski definition) is 2. The summed E-state index contributed by atoms with van der Waals surface area (Å²) in [6.07, 6.45) is 0. The van der Waals surface area contributed by atoms with Crippen molar-refractivity contribution < 1.29 is 19.5 Å². The quantitative estimate of drug-likeness (QED) is 0.390. The van der Waals surface area contributed by atoms with Gasteiger partial charge in [0.25, 0.3) is 0 Å². The van der Waals surface area contributed by atoms with Crippen molar-refractivity contribution >= 4 is 0 Å². The van der Waals surface area contributed by atoms with Gasteiger partial charge in [-0.25, -0.2) is 0 Å². The van der Waals surface area contributed by atoms with E-state index in [0.717, 1.165) is 19.6 Å². The Labute approximate surface area is 63.4 Å². The SMILES string of the molecule is CN1[CH-]CNCC1.[Zn]. The molecule has 0 aromatic carbocycles. The van der Waals surface area contributed by atoms with Gasteiger partial charge in [-0.15, -0.1) is 6.54 Å². The summed E-state index contributed by atoms with van der Waals surface area (Å²) >= 11 is 0. The molecule has 0 atom stereocenters. The fraction of sp³-hybridized carbons (Fsp3) is 0.800. The molecule has 1 N–H and O–H groups in total. The molecule has 0 saturated carbocycles. The first kappa shape index (κ1) is 8.54. The van der Waals surface area contributed by atoms with E-state index in [2.05, 4.69) is 23.8 Å². The Balaban J connectivity index is 0.000000490. The second-order valence-electron chi connectivity index (χ2n) is 1.87. The molecule has 1 fully saturated rings. The van der Waals surface area contributed by atoms with Crippen LogP contribution in [0.5, 0.6) is 0 Å². The molecule has 1 aliphatic heterocycles. The summed E-state index contributed by atoms with van der Waals surface area (Å²) in [4.78, 5) is 2.20. The van der Waals surface area contributed by atoms with Crippen molar-refractivity contribution in [3.8, 4) is 0 Å². The van der Waals surface area contributed by atoms with E-state index >= 15 is 0 Å². The average molecular weight is 165 g/mol. The molecule has 1 aliphatic rings. The molecule has 0 aliphatic carbocycles. The summed E-state index contributed by atoms with van der Waals surface area (Å²) in [7, 11) is 2.10. The Kier molecular flexibility index (Phi) is 4.73. The number of nitrogens with one attached hydrogen (secondary N) is 1. The number of hydrogen-bond donors (Lipinski definition) is 1. The maximum atomic E-state index is 3.22. The molecule has 0 spiro atoms. The van der Waals surface area contributed by atoms with Crippen molar-refractivity contribution in [2.45, 2.75) is 0 Å². The Morgan fingerprint density at radius 3 is 2.62 bits per heavy atom. The molecule has 3 heteroatoms. The number of likely N-dealkylation sites (N-methyl/N-ethyl adjacent to an activating group) is 1. The fourth-order valence-corrected chi connectivity index (χ4v) is 0.669. The van der Waals surface area contributed by atoms with E-state index in [9.17, 15) is 0 Å². The molecule has 8 heavy (non-hydrogen) atoms. The first-order chi connectivity index (χ1) is 3.39. The predicted octanol–water partition coefficient (Wildman–Crippen LogP) is -0.319. The molecular formula is C5H11N2Zn-. The smallest absolute Gasteiger partial charge is 0.00278 e. The topological polar surface area (TPSA) is 15.3 Å². The van der Waals surface area contributed by atoms with Gasteiger partial charge >= 0.3 is 0 Å². The van der Waals surface area contributed by atoms with Crippen LogP contribution in [0.4, 0.5) is 0 Å². The minimum Gasteiger partial charge on any atom is -0.457 e. The van der Waals surface area contributed by atoms with Gasteiger partial charge in [0.05, 0.1) is 0 Å². The van der Waals surface area contributed by atoms with Crippen LogP contribution in [-0.4, -0.2) is 31.6 Å². The molecule has 0 unspecified atom stereocenters. The Morgan fingerprint density at radius 2 is 2.38 bits per heavy atom. The zero-order chi connectivity index (χ0) is 5.11. The molecule has 0 aromatic rings. The van der Waals surface area contributed by atoms with Crippen molar-refractivity contribution in [3.63, 3.8) is 0 Å². The predicted molar refractivity (Wildman–Crippen MR) is 29.8 cm³/mol. The van der Waals surface area contributed by atoms with E-state index in [-0.39, 0.29) is 19.5 Å². The van der Waals surface area contributed by atoms with Gasteiger partial charge in [-0.3, -0.25) is 6.54 Å². The Morgan fingerprint density at radius 1 is 1.62 bits per heavy atom. The largest absolute Gasteiger partial charge is 0.457 e. The summed E-state index contributed by atoms with van der Waals surface area (Å²) in [5.74, 6) is 0. The minimum atomic E-state index is 0. The van der Waals surface area contributed by atoms with E-state index in [1.165, 1.54) is 0 Å². The summed E-state index contributed by atoms with van der Waals surface area (Å²) in [5.41, 5.74) is 0. The average Bonchev–Trinajstić information content (AvgIpc) is 1.69. The maximum absolute atomic E-state index is 3.22. The van der Waals surface area contributed by atoms with E-state index in [4.69, 9.17) is 0 Å². The Hall–Kier alpha value is 0.543. The molecule has 0 aromatic heterocycles. The third-order valence-corrected chi connectivity index (χ3v) is 1.19. The first-order valence-corrected chi connectivity index (χ1v) is 2.64. The second kappa shape index (κ2) is 4.42. The van der Waals surface area contributed by atoms with E-state index in [0.29, 0.717) is 0 Å². The number of rotatable bonds is 0. The molecule has 0 radical (unpaired) electrons. The zero-order valence-electron chi connectivity index (χ0n) is 5.35. The number of nitrogens with zero attached hydrogens (tertiary/aromatic N) is 1. The third kappa shape index (κ3) is 2.75. The third-order valence-electron chi connectivity index (χ3n) is 1.19. The van der Waals surface area contributed by atoms with Crippen molar-refractivity contribution in [1.29, 1.82) is 0 Å². The van der Waals surface area contributed by atoms with Crippen LogP contribution in [0.25, 0.3) is 0 Å². The molecule has 0 bridgehead atoms. The van der Waals surface area contributed by atoms with Gasteiger partial charge in [0.15, 0.2) is 0 Å². The van der Waals surface area contributed by atoms with E-state index in [1.807, 2.05) is 0 Å². The summed E-state index contributed by atoms with van der Waals surface area (Å²) < 4.78 is 0. The van der Waals surface area contributed by atoms with Gasteiger partial charge in [-0.05, 0) is 13.6 Å². The van der Waals surface area contributed by atoms with Crippen LogP contribution < -0.4 is 5.32 Å². The monoisotopic (exact) mass is 163 g/mol. The molecule has 1 saturated heterocycles.